The predicted molar refractivity (Wildman–Crippen MR) is 102 cm³/mol. The molecule has 25 heavy (non-hydrogen) atoms. The third-order valence-electron chi connectivity index (χ3n) is 3.75. The van der Waals surface area contributed by atoms with E-state index in [1.807, 2.05) is 37.3 Å². The highest BCUT2D eigenvalue weighted by Gasteiger charge is 2.08. The largest absolute Gasteiger partial charge is 0.456 e. The molecule has 0 atom stereocenters. The first-order valence-electron chi connectivity index (χ1n) is 8.16. The summed E-state index contributed by atoms with van der Waals surface area (Å²) in [5.74, 6) is -0.0737. The maximum absolute atomic E-state index is 11.8. The van der Waals surface area contributed by atoms with Gasteiger partial charge in [0, 0.05) is 16.3 Å². The van der Waals surface area contributed by atoms with Crippen LogP contribution < -0.4 is 5.32 Å². The van der Waals surface area contributed by atoms with Crippen molar-refractivity contribution in [2.75, 3.05) is 17.7 Å². The molecule has 0 aliphatic carbocycles. The van der Waals surface area contributed by atoms with Crippen LogP contribution in [0.4, 0.5) is 5.69 Å². The van der Waals surface area contributed by atoms with Crippen LogP contribution >= 0.6 is 11.8 Å². The first kappa shape index (κ1) is 19.1. The maximum Gasteiger partial charge on any atom is 0.307 e. The van der Waals surface area contributed by atoms with Gasteiger partial charge in [-0.3, -0.25) is 9.59 Å². The number of anilines is 1. The standard InChI is InChI=1S/C20H23NO3S/c1-14-4-7-17(8-5-14)21-19(22)13-24-20(23)10-11-25-18-9-6-15(2)16(3)12-18/h4-9,12H,10-11,13H2,1-3H3,(H,21,22). The molecule has 0 saturated carbocycles. The molecule has 0 aliphatic rings. The van der Waals surface area contributed by atoms with Crippen molar-refractivity contribution in [1.29, 1.82) is 0 Å². The van der Waals surface area contributed by atoms with Gasteiger partial charge in [0.1, 0.15) is 0 Å². The van der Waals surface area contributed by atoms with Gasteiger partial charge in [-0.2, -0.15) is 0 Å². The Labute approximate surface area is 153 Å². The van der Waals surface area contributed by atoms with Gasteiger partial charge in [0.15, 0.2) is 6.61 Å². The SMILES string of the molecule is Cc1ccc(NC(=O)COC(=O)CCSc2ccc(C)c(C)c2)cc1. The van der Waals surface area contributed by atoms with Crippen molar-refractivity contribution in [3.05, 3.63) is 59.2 Å². The number of ether oxygens (including phenoxy) is 1. The molecule has 0 aliphatic heterocycles. The minimum atomic E-state index is -0.365. The molecular formula is C20H23NO3S. The monoisotopic (exact) mass is 357 g/mol. The van der Waals surface area contributed by atoms with Gasteiger partial charge in [-0.1, -0.05) is 23.8 Å². The number of nitrogens with one attached hydrogen (secondary N) is 1. The van der Waals surface area contributed by atoms with Gasteiger partial charge in [0.25, 0.3) is 5.91 Å². The zero-order chi connectivity index (χ0) is 18.2. The average Bonchev–Trinajstić information content (AvgIpc) is 2.58. The highest BCUT2D eigenvalue weighted by molar-refractivity contribution is 7.99. The number of esters is 1. The summed E-state index contributed by atoms with van der Waals surface area (Å²) in [5, 5.41) is 2.70. The number of carbonyl (C=O) groups is 2. The van der Waals surface area contributed by atoms with Crippen LogP contribution in [0.25, 0.3) is 0 Å². The Morgan fingerprint density at radius 2 is 1.72 bits per heavy atom. The van der Waals surface area contributed by atoms with Gasteiger partial charge < -0.3 is 10.1 Å². The molecule has 1 N–H and O–H groups in total. The van der Waals surface area contributed by atoms with Crippen molar-refractivity contribution >= 4 is 29.3 Å². The fourth-order valence-corrected chi connectivity index (χ4v) is 3.04. The van der Waals surface area contributed by atoms with Gasteiger partial charge in [-0.15, -0.1) is 11.8 Å². The average molecular weight is 357 g/mol. The van der Waals surface area contributed by atoms with Crippen molar-refractivity contribution in [2.24, 2.45) is 0 Å². The lowest BCUT2D eigenvalue weighted by molar-refractivity contribution is -0.146. The minimum absolute atomic E-state index is 0.263. The molecule has 0 radical (unpaired) electrons. The van der Waals surface area contributed by atoms with Gasteiger partial charge in [0.2, 0.25) is 0 Å². The van der Waals surface area contributed by atoms with Crippen molar-refractivity contribution in [2.45, 2.75) is 32.1 Å². The fraction of sp³-hybridized carbons (Fsp3) is 0.300. The molecule has 2 aromatic carbocycles. The molecule has 5 heteroatoms. The molecule has 2 aromatic rings. The second kappa shape index (κ2) is 9.28. The molecule has 0 bridgehead atoms. The van der Waals surface area contributed by atoms with E-state index >= 15 is 0 Å². The number of hydrogen-bond donors (Lipinski definition) is 1. The maximum atomic E-state index is 11.8. The van der Waals surface area contributed by atoms with E-state index in [9.17, 15) is 9.59 Å². The Morgan fingerprint density at radius 1 is 1.00 bits per heavy atom. The molecule has 0 unspecified atom stereocenters. The quantitative estimate of drug-likeness (QED) is 0.594. The number of carbonyl (C=O) groups excluding carboxylic acids is 2. The van der Waals surface area contributed by atoms with Crippen LogP contribution in [0.5, 0.6) is 0 Å². The fourth-order valence-electron chi connectivity index (χ4n) is 2.11. The minimum Gasteiger partial charge on any atom is -0.456 e. The van der Waals surface area contributed by atoms with Crippen LogP contribution in [0, 0.1) is 20.8 Å². The van der Waals surface area contributed by atoms with E-state index in [1.54, 1.807) is 11.8 Å². The van der Waals surface area contributed by atoms with E-state index in [1.165, 1.54) is 11.1 Å². The Kier molecular flexibility index (Phi) is 7.07. The zero-order valence-corrected chi connectivity index (χ0v) is 15.6. The summed E-state index contributed by atoms with van der Waals surface area (Å²) in [6, 6.07) is 13.7. The first-order chi connectivity index (χ1) is 11.9. The van der Waals surface area contributed by atoms with Crippen LogP contribution in [0.2, 0.25) is 0 Å². The van der Waals surface area contributed by atoms with E-state index < -0.39 is 0 Å². The Morgan fingerprint density at radius 3 is 2.40 bits per heavy atom. The van der Waals surface area contributed by atoms with Crippen LogP contribution in [-0.4, -0.2) is 24.2 Å². The van der Waals surface area contributed by atoms with Gasteiger partial charge in [0.05, 0.1) is 6.42 Å². The molecule has 0 aromatic heterocycles. The van der Waals surface area contributed by atoms with Gasteiger partial charge in [-0.05, 0) is 56.2 Å². The Balaban J connectivity index is 1.67. The number of hydrogen-bond acceptors (Lipinski definition) is 4. The topological polar surface area (TPSA) is 55.4 Å². The number of thioether (sulfide) groups is 1. The van der Waals surface area contributed by atoms with E-state index in [0.29, 0.717) is 11.4 Å². The summed E-state index contributed by atoms with van der Waals surface area (Å²) in [6.45, 7) is 5.85. The molecule has 4 nitrogen and oxygen atoms in total. The molecule has 132 valence electrons. The van der Waals surface area contributed by atoms with Crippen molar-refractivity contribution in [1.82, 2.24) is 0 Å². The van der Waals surface area contributed by atoms with Crippen LogP contribution in [-0.2, 0) is 14.3 Å². The van der Waals surface area contributed by atoms with Crippen molar-refractivity contribution in [3.8, 4) is 0 Å². The van der Waals surface area contributed by atoms with Crippen LogP contribution in [0.3, 0.4) is 0 Å². The first-order valence-corrected chi connectivity index (χ1v) is 9.15. The molecular weight excluding hydrogens is 334 g/mol. The summed E-state index contributed by atoms with van der Waals surface area (Å²) in [5.41, 5.74) is 4.30. The molecule has 1 amide bonds. The summed E-state index contributed by atoms with van der Waals surface area (Å²) in [6.07, 6.45) is 0.273. The van der Waals surface area contributed by atoms with E-state index in [2.05, 4.69) is 31.3 Å². The highest BCUT2D eigenvalue weighted by Crippen LogP contribution is 2.21. The molecule has 2 rings (SSSR count). The second-order valence-electron chi connectivity index (χ2n) is 5.92. The summed E-state index contributed by atoms with van der Waals surface area (Å²) in [4.78, 5) is 24.6. The molecule has 0 saturated heterocycles. The summed E-state index contributed by atoms with van der Waals surface area (Å²) in [7, 11) is 0. The van der Waals surface area contributed by atoms with Crippen molar-refractivity contribution < 1.29 is 14.3 Å². The molecule has 0 spiro atoms. The van der Waals surface area contributed by atoms with E-state index in [-0.39, 0.29) is 24.9 Å². The predicted octanol–water partition coefficient (Wildman–Crippen LogP) is 4.28. The lowest BCUT2D eigenvalue weighted by atomic mass is 10.1. The van der Waals surface area contributed by atoms with Crippen LogP contribution in [0.15, 0.2) is 47.4 Å². The van der Waals surface area contributed by atoms with Gasteiger partial charge in [-0.25, -0.2) is 0 Å². The number of rotatable bonds is 7. The van der Waals surface area contributed by atoms with Crippen molar-refractivity contribution in [3.63, 3.8) is 0 Å². The molecule has 0 fully saturated rings. The summed E-state index contributed by atoms with van der Waals surface area (Å²) < 4.78 is 5.02. The van der Waals surface area contributed by atoms with Crippen LogP contribution in [0.1, 0.15) is 23.1 Å². The van der Waals surface area contributed by atoms with Gasteiger partial charge >= 0.3 is 5.97 Å². The number of benzene rings is 2. The number of amides is 1. The Bertz CT molecular complexity index is 741. The lowest BCUT2D eigenvalue weighted by Gasteiger charge is -2.07. The normalized spacial score (nSPS) is 10.4. The highest BCUT2D eigenvalue weighted by atomic mass is 32.2. The third-order valence-corrected chi connectivity index (χ3v) is 4.75. The second-order valence-corrected chi connectivity index (χ2v) is 7.09. The zero-order valence-electron chi connectivity index (χ0n) is 14.8. The summed E-state index contributed by atoms with van der Waals surface area (Å²) >= 11 is 1.61. The number of aryl methyl sites for hydroxylation is 3. The van der Waals surface area contributed by atoms with E-state index in [0.717, 1.165) is 10.5 Å². The lowest BCUT2D eigenvalue weighted by Crippen LogP contribution is -2.21. The third kappa shape index (κ3) is 6.63. The smallest absolute Gasteiger partial charge is 0.307 e. The van der Waals surface area contributed by atoms with E-state index in [4.69, 9.17) is 4.74 Å². The molecule has 0 heterocycles. The Hall–Kier alpha value is -2.27.